The number of anilines is 1. The maximum Gasteiger partial charge on any atom is 0.262 e. The maximum absolute atomic E-state index is 11.4. The third-order valence-electron chi connectivity index (χ3n) is 3.33. The highest BCUT2D eigenvalue weighted by Crippen LogP contribution is 2.41. The molecule has 5 heteroatoms. The van der Waals surface area contributed by atoms with Crippen LogP contribution in [0.4, 0.5) is 5.69 Å². The van der Waals surface area contributed by atoms with Crippen LogP contribution >= 0.6 is 0 Å². The number of carbonyl (C=O) groups excluding carboxylic acids is 1. The van der Waals surface area contributed by atoms with Gasteiger partial charge < -0.3 is 19.5 Å². The van der Waals surface area contributed by atoms with Gasteiger partial charge in [-0.3, -0.25) is 4.79 Å². The van der Waals surface area contributed by atoms with Crippen LogP contribution in [0.25, 0.3) is 11.1 Å². The average Bonchev–Trinajstić information content (AvgIpc) is 2.53. The van der Waals surface area contributed by atoms with Crippen molar-refractivity contribution < 1.29 is 19.0 Å². The Kier molecular flexibility index (Phi) is 3.39. The monoisotopic (exact) mass is 285 g/mol. The molecule has 5 nitrogen and oxygen atoms in total. The molecule has 0 atom stereocenters. The van der Waals surface area contributed by atoms with Gasteiger partial charge in [-0.05, 0) is 29.8 Å². The molecule has 0 bridgehead atoms. The first-order chi connectivity index (χ1) is 10.2. The third kappa shape index (κ3) is 2.38. The number of hydrogen-bond donors (Lipinski definition) is 1. The van der Waals surface area contributed by atoms with E-state index in [2.05, 4.69) is 5.32 Å². The minimum absolute atomic E-state index is 0.0460. The highest BCUT2D eigenvalue weighted by molar-refractivity contribution is 5.96. The third-order valence-corrected chi connectivity index (χ3v) is 3.33. The molecule has 0 spiro atoms. The molecule has 0 unspecified atom stereocenters. The van der Waals surface area contributed by atoms with Gasteiger partial charge in [0.25, 0.3) is 5.91 Å². The first-order valence-corrected chi connectivity index (χ1v) is 6.51. The zero-order valence-electron chi connectivity index (χ0n) is 11.8. The smallest absolute Gasteiger partial charge is 0.262 e. The summed E-state index contributed by atoms with van der Waals surface area (Å²) < 4.78 is 16.2. The molecule has 3 rings (SSSR count). The lowest BCUT2D eigenvalue weighted by atomic mass is 10.0. The number of amides is 1. The molecule has 108 valence electrons. The van der Waals surface area contributed by atoms with Crippen molar-refractivity contribution >= 4 is 11.6 Å². The molecule has 2 aromatic carbocycles. The van der Waals surface area contributed by atoms with E-state index >= 15 is 0 Å². The minimum atomic E-state index is -0.161. The van der Waals surface area contributed by atoms with Gasteiger partial charge in [0.05, 0.1) is 25.5 Å². The molecule has 1 amide bonds. The van der Waals surface area contributed by atoms with E-state index in [1.807, 2.05) is 36.4 Å². The molecule has 0 aromatic heterocycles. The molecule has 1 heterocycles. The molecule has 2 aromatic rings. The Morgan fingerprint density at radius 2 is 1.81 bits per heavy atom. The SMILES string of the molecule is COc1cccc(OC)c1-c1ccc2c(c1)NC(=O)CO2. The fourth-order valence-electron chi connectivity index (χ4n) is 2.37. The fourth-order valence-corrected chi connectivity index (χ4v) is 2.37. The molecule has 1 aliphatic heterocycles. The second-order valence-electron chi connectivity index (χ2n) is 4.59. The summed E-state index contributed by atoms with van der Waals surface area (Å²) in [4.78, 5) is 11.4. The van der Waals surface area contributed by atoms with Gasteiger partial charge in [0.1, 0.15) is 17.2 Å². The number of fused-ring (bicyclic) bond motifs is 1. The number of carbonyl (C=O) groups is 1. The summed E-state index contributed by atoms with van der Waals surface area (Å²) in [5.41, 5.74) is 2.37. The van der Waals surface area contributed by atoms with Crippen LogP contribution in [0.2, 0.25) is 0 Å². The molecule has 0 fully saturated rings. The van der Waals surface area contributed by atoms with E-state index in [9.17, 15) is 4.79 Å². The summed E-state index contributed by atoms with van der Waals surface area (Å²) in [6, 6.07) is 11.2. The molecule has 0 saturated heterocycles. The Balaban J connectivity index is 2.13. The number of rotatable bonds is 3. The Hall–Kier alpha value is -2.69. The van der Waals surface area contributed by atoms with Gasteiger partial charge in [0.2, 0.25) is 0 Å². The molecule has 1 aliphatic rings. The van der Waals surface area contributed by atoms with Crippen molar-refractivity contribution in [2.75, 3.05) is 26.1 Å². The number of nitrogens with one attached hydrogen (secondary N) is 1. The first-order valence-electron chi connectivity index (χ1n) is 6.51. The lowest BCUT2D eigenvalue weighted by Gasteiger charge is -2.19. The summed E-state index contributed by atoms with van der Waals surface area (Å²) >= 11 is 0. The topological polar surface area (TPSA) is 56.8 Å². The van der Waals surface area contributed by atoms with E-state index in [-0.39, 0.29) is 12.5 Å². The van der Waals surface area contributed by atoms with Gasteiger partial charge in [-0.1, -0.05) is 12.1 Å². The molecule has 0 saturated carbocycles. The van der Waals surface area contributed by atoms with Gasteiger partial charge in [-0.15, -0.1) is 0 Å². The normalized spacial score (nSPS) is 13.0. The average molecular weight is 285 g/mol. The second kappa shape index (κ2) is 5.36. The van der Waals surface area contributed by atoms with E-state index < -0.39 is 0 Å². The van der Waals surface area contributed by atoms with Crippen LogP contribution in [0.15, 0.2) is 36.4 Å². The van der Waals surface area contributed by atoms with Crippen LogP contribution in [-0.2, 0) is 4.79 Å². The zero-order chi connectivity index (χ0) is 14.8. The fraction of sp³-hybridized carbons (Fsp3) is 0.188. The first kappa shape index (κ1) is 13.3. The highest BCUT2D eigenvalue weighted by atomic mass is 16.5. The van der Waals surface area contributed by atoms with Crippen LogP contribution in [0.3, 0.4) is 0 Å². The largest absolute Gasteiger partial charge is 0.496 e. The van der Waals surface area contributed by atoms with Gasteiger partial charge in [0, 0.05) is 0 Å². The van der Waals surface area contributed by atoms with E-state index in [0.717, 1.165) is 11.1 Å². The lowest BCUT2D eigenvalue weighted by Crippen LogP contribution is -2.25. The van der Waals surface area contributed by atoms with Gasteiger partial charge >= 0.3 is 0 Å². The highest BCUT2D eigenvalue weighted by Gasteiger charge is 2.19. The lowest BCUT2D eigenvalue weighted by molar-refractivity contribution is -0.118. The summed E-state index contributed by atoms with van der Waals surface area (Å²) in [6.07, 6.45) is 0. The van der Waals surface area contributed by atoms with Crippen molar-refractivity contribution in [2.24, 2.45) is 0 Å². The Morgan fingerprint density at radius 3 is 2.48 bits per heavy atom. The summed E-state index contributed by atoms with van der Waals surface area (Å²) in [7, 11) is 3.23. The van der Waals surface area contributed by atoms with E-state index in [1.165, 1.54) is 0 Å². The summed E-state index contributed by atoms with van der Waals surface area (Å²) in [6.45, 7) is 0.0460. The van der Waals surface area contributed by atoms with Gasteiger partial charge in [-0.25, -0.2) is 0 Å². The minimum Gasteiger partial charge on any atom is -0.496 e. The number of benzene rings is 2. The zero-order valence-corrected chi connectivity index (χ0v) is 11.8. The molecule has 0 aliphatic carbocycles. The molecular formula is C16H15NO4. The van der Waals surface area contributed by atoms with Crippen molar-refractivity contribution in [1.29, 1.82) is 0 Å². The second-order valence-corrected chi connectivity index (χ2v) is 4.59. The van der Waals surface area contributed by atoms with Crippen LogP contribution in [0, 0.1) is 0 Å². The van der Waals surface area contributed by atoms with Crippen LogP contribution in [0.5, 0.6) is 17.2 Å². The molecule has 21 heavy (non-hydrogen) atoms. The van der Waals surface area contributed by atoms with Crippen LogP contribution in [0.1, 0.15) is 0 Å². The molecule has 0 radical (unpaired) electrons. The van der Waals surface area contributed by atoms with Gasteiger partial charge in [-0.2, -0.15) is 0 Å². The summed E-state index contributed by atoms with van der Waals surface area (Å²) in [5, 5.41) is 2.80. The summed E-state index contributed by atoms with van der Waals surface area (Å²) in [5.74, 6) is 1.91. The quantitative estimate of drug-likeness (QED) is 0.942. The predicted molar refractivity (Wildman–Crippen MR) is 79.1 cm³/mol. The van der Waals surface area contributed by atoms with Crippen molar-refractivity contribution in [3.63, 3.8) is 0 Å². The van der Waals surface area contributed by atoms with E-state index in [0.29, 0.717) is 22.9 Å². The Bertz CT molecular complexity index is 674. The molecular weight excluding hydrogens is 270 g/mol. The van der Waals surface area contributed by atoms with Crippen molar-refractivity contribution in [2.45, 2.75) is 0 Å². The van der Waals surface area contributed by atoms with Crippen molar-refractivity contribution in [3.05, 3.63) is 36.4 Å². The number of ether oxygens (including phenoxy) is 3. The van der Waals surface area contributed by atoms with Gasteiger partial charge in [0.15, 0.2) is 6.61 Å². The van der Waals surface area contributed by atoms with Crippen molar-refractivity contribution in [1.82, 2.24) is 0 Å². The van der Waals surface area contributed by atoms with Crippen LogP contribution in [-0.4, -0.2) is 26.7 Å². The predicted octanol–water partition coefficient (Wildman–Crippen LogP) is 2.70. The maximum atomic E-state index is 11.4. The number of methoxy groups -OCH3 is 2. The molecule has 1 N–H and O–H groups in total. The standard InChI is InChI=1S/C16H15NO4/c1-19-13-4-3-5-14(20-2)16(13)10-6-7-12-11(8-10)17-15(18)9-21-12/h3-8H,9H2,1-2H3,(H,17,18). The number of hydrogen-bond acceptors (Lipinski definition) is 4. The van der Waals surface area contributed by atoms with Crippen LogP contribution < -0.4 is 19.5 Å². The van der Waals surface area contributed by atoms with E-state index in [4.69, 9.17) is 14.2 Å². The van der Waals surface area contributed by atoms with E-state index in [1.54, 1.807) is 14.2 Å². The Morgan fingerprint density at radius 1 is 1.10 bits per heavy atom. The van der Waals surface area contributed by atoms with Crippen molar-refractivity contribution in [3.8, 4) is 28.4 Å². The Labute approximate surface area is 122 Å².